The van der Waals surface area contributed by atoms with Gasteiger partial charge in [-0.15, -0.1) is 4.99 Å². The summed E-state index contributed by atoms with van der Waals surface area (Å²) >= 11 is 5.97. The average molecular weight is 432 g/mol. The van der Waals surface area contributed by atoms with E-state index in [0.717, 1.165) is 4.90 Å². The Labute approximate surface area is 176 Å². The molecule has 0 radical (unpaired) electrons. The lowest BCUT2D eigenvalue weighted by atomic mass is 9.86. The molecule has 0 aliphatic carbocycles. The second-order valence-corrected chi connectivity index (χ2v) is 7.37. The highest BCUT2D eigenvalue weighted by molar-refractivity contribution is 6.31. The zero-order chi connectivity index (χ0) is 22.1. The Morgan fingerprint density at radius 1 is 1.37 bits per heavy atom. The Morgan fingerprint density at radius 3 is 2.77 bits per heavy atom. The molecule has 0 saturated carbocycles. The van der Waals surface area contributed by atoms with Crippen molar-refractivity contribution >= 4 is 46.6 Å². The van der Waals surface area contributed by atoms with E-state index >= 15 is 0 Å². The van der Waals surface area contributed by atoms with Crippen LogP contribution in [0.1, 0.15) is 18.9 Å². The van der Waals surface area contributed by atoms with Crippen LogP contribution in [0, 0.1) is 10.1 Å². The summed E-state index contributed by atoms with van der Waals surface area (Å²) in [5.41, 5.74) is 0.339. The summed E-state index contributed by atoms with van der Waals surface area (Å²) in [5.74, 6) is -0.384. The van der Waals surface area contributed by atoms with Gasteiger partial charge >= 0.3 is 6.09 Å². The average Bonchev–Trinajstić information content (AvgIpc) is 2.65. The van der Waals surface area contributed by atoms with Gasteiger partial charge in [0.15, 0.2) is 0 Å². The number of hydrogen-bond acceptors (Lipinski definition) is 5. The molecule has 30 heavy (non-hydrogen) atoms. The van der Waals surface area contributed by atoms with E-state index in [1.165, 1.54) is 25.2 Å². The van der Waals surface area contributed by atoms with E-state index in [9.17, 15) is 19.7 Å². The molecular weight excluding hydrogens is 414 g/mol. The first-order valence-corrected chi connectivity index (χ1v) is 9.15. The highest BCUT2D eigenvalue weighted by atomic mass is 35.5. The topological polar surface area (TPSA) is 137 Å². The van der Waals surface area contributed by atoms with Crippen LogP contribution in [0.5, 0.6) is 0 Å². The van der Waals surface area contributed by atoms with Crippen LogP contribution in [0.3, 0.4) is 0 Å². The third-order valence-electron chi connectivity index (χ3n) is 4.72. The van der Waals surface area contributed by atoms with Crippen LogP contribution < -0.4 is 10.6 Å². The van der Waals surface area contributed by atoms with E-state index in [2.05, 4.69) is 15.6 Å². The van der Waals surface area contributed by atoms with E-state index in [-0.39, 0.29) is 29.7 Å². The normalized spacial score (nSPS) is 20.0. The predicted molar refractivity (Wildman–Crippen MR) is 111 cm³/mol. The number of halogens is 1. The lowest BCUT2D eigenvalue weighted by molar-refractivity contribution is -0.383. The number of anilines is 2. The Morgan fingerprint density at radius 2 is 2.10 bits per heavy atom. The van der Waals surface area contributed by atoms with Gasteiger partial charge in [0.1, 0.15) is 5.69 Å². The lowest BCUT2D eigenvalue weighted by Gasteiger charge is -2.40. The zero-order valence-corrected chi connectivity index (χ0v) is 16.8. The number of rotatable bonds is 4. The number of nitrogens with zero attached hydrogens (tertiary/aromatic N) is 3. The molecule has 2 aromatic rings. The molecule has 1 fully saturated rings. The van der Waals surface area contributed by atoms with Crippen molar-refractivity contribution in [1.82, 2.24) is 10.2 Å². The summed E-state index contributed by atoms with van der Waals surface area (Å²) in [7, 11) is 1.44. The first-order valence-electron chi connectivity index (χ1n) is 8.77. The van der Waals surface area contributed by atoms with Crippen molar-refractivity contribution in [1.29, 1.82) is 0 Å². The Balaban J connectivity index is 1.96. The van der Waals surface area contributed by atoms with Crippen molar-refractivity contribution in [2.45, 2.75) is 18.9 Å². The van der Waals surface area contributed by atoms with E-state index in [4.69, 9.17) is 16.7 Å². The number of benzene rings is 2. The molecule has 0 unspecified atom stereocenters. The van der Waals surface area contributed by atoms with E-state index in [1.807, 2.05) is 0 Å². The van der Waals surface area contributed by atoms with Gasteiger partial charge in [-0.1, -0.05) is 23.7 Å². The van der Waals surface area contributed by atoms with Crippen LogP contribution in [-0.2, 0) is 10.3 Å². The van der Waals surface area contributed by atoms with Crippen molar-refractivity contribution in [2.24, 2.45) is 4.99 Å². The van der Waals surface area contributed by atoms with Gasteiger partial charge in [0.2, 0.25) is 11.9 Å². The molecule has 156 valence electrons. The molecular formula is C19H18ClN5O5. The van der Waals surface area contributed by atoms with Crippen molar-refractivity contribution in [3.05, 3.63) is 63.2 Å². The molecule has 11 heteroatoms. The van der Waals surface area contributed by atoms with E-state index in [0.29, 0.717) is 16.3 Å². The molecule has 2 amide bonds. The Bertz CT molecular complexity index is 1070. The molecule has 1 aliphatic rings. The number of carbonyl (C=O) groups excluding carboxylic acids is 1. The lowest BCUT2D eigenvalue weighted by Crippen LogP contribution is -2.58. The maximum atomic E-state index is 12.4. The molecule has 3 rings (SSSR count). The number of hydrogen-bond donors (Lipinski definition) is 3. The summed E-state index contributed by atoms with van der Waals surface area (Å²) in [6.45, 7) is 1.75. The second-order valence-electron chi connectivity index (χ2n) is 6.93. The molecule has 10 nitrogen and oxygen atoms in total. The van der Waals surface area contributed by atoms with Gasteiger partial charge in [0.25, 0.3) is 5.69 Å². The SMILES string of the molecule is CN1C(=O)C[C@@](C)(c2cccc(Nc3cc(Cl)ccc3[N+](=O)[O-])c2)N/C1=N\C(=O)O. The van der Waals surface area contributed by atoms with Crippen LogP contribution in [0.2, 0.25) is 5.02 Å². The number of nitrogens with one attached hydrogen (secondary N) is 2. The maximum absolute atomic E-state index is 12.4. The summed E-state index contributed by atoms with van der Waals surface area (Å²) in [5, 5.41) is 26.6. The number of carbonyl (C=O) groups is 2. The fraction of sp³-hybridized carbons (Fsp3) is 0.211. The molecule has 3 N–H and O–H groups in total. The number of carboxylic acid groups (broad SMARTS) is 1. The van der Waals surface area contributed by atoms with Gasteiger partial charge in [-0.05, 0) is 36.8 Å². The number of amides is 2. The summed E-state index contributed by atoms with van der Waals surface area (Å²) < 4.78 is 0. The minimum Gasteiger partial charge on any atom is -0.463 e. The molecule has 1 heterocycles. The fourth-order valence-electron chi connectivity index (χ4n) is 3.14. The summed E-state index contributed by atoms with van der Waals surface area (Å²) in [6, 6.07) is 11.1. The van der Waals surface area contributed by atoms with Gasteiger partial charge < -0.3 is 15.7 Å². The smallest absolute Gasteiger partial charge is 0.434 e. The number of nitro benzene ring substituents is 1. The minimum atomic E-state index is -1.43. The van der Waals surface area contributed by atoms with Crippen molar-refractivity contribution < 1.29 is 19.6 Å². The third kappa shape index (κ3) is 4.33. The first kappa shape index (κ1) is 21.1. The highest BCUT2D eigenvalue weighted by Gasteiger charge is 2.39. The predicted octanol–water partition coefficient (Wildman–Crippen LogP) is 3.69. The molecule has 2 aromatic carbocycles. The van der Waals surface area contributed by atoms with Crippen molar-refractivity contribution in [3.8, 4) is 0 Å². The van der Waals surface area contributed by atoms with Crippen LogP contribution in [0.4, 0.5) is 21.9 Å². The molecule has 1 atom stereocenters. The quantitative estimate of drug-likeness (QED) is 0.495. The van der Waals surface area contributed by atoms with Gasteiger partial charge in [-0.25, -0.2) is 4.79 Å². The van der Waals surface area contributed by atoms with Gasteiger partial charge in [0.05, 0.1) is 16.9 Å². The largest absolute Gasteiger partial charge is 0.463 e. The van der Waals surface area contributed by atoms with Crippen LogP contribution >= 0.6 is 11.6 Å². The van der Waals surface area contributed by atoms with Crippen LogP contribution in [-0.4, -0.2) is 39.9 Å². The maximum Gasteiger partial charge on any atom is 0.434 e. The van der Waals surface area contributed by atoms with Crippen molar-refractivity contribution in [3.63, 3.8) is 0 Å². The minimum absolute atomic E-state index is 0.0584. The zero-order valence-electron chi connectivity index (χ0n) is 16.0. The molecule has 0 spiro atoms. The van der Waals surface area contributed by atoms with Crippen LogP contribution in [0.25, 0.3) is 0 Å². The van der Waals surface area contributed by atoms with Gasteiger partial charge in [0, 0.05) is 23.8 Å². The Kier molecular flexibility index (Phi) is 5.61. The number of nitro groups is 1. The van der Waals surface area contributed by atoms with Crippen LogP contribution in [0.15, 0.2) is 47.5 Å². The van der Waals surface area contributed by atoms with Crippen molar-refractivity contribution in [2.75, 3.05) is 12.4 Å². The molecule has 0 bridgehead atoms. The first-order chi connectivity index (χ1) is 14.1. The number of aliphatic imine (C=N–C) groups is 1. The van der Waals surface area contributed by atoms with Gasteiger partial charge in [-0.2, -0.15) is 0 Å². The highest BCUT2D eigenvalue weighted by Crippen LogP contribution is 2.34. The fourth-order valence-corrected chi connectivity index (χ4v) is 3.32. The second kappa shape index (κ2) is 7.99. The molecule has 1 aliphatic heterocycles. The van der Waals surface area contributed by atoms with E-state index < -0.39 is 16.6 Å². The molecule has 0 aromatic heterocycles. The monoisotopic (exact) mass is 431 g/mol. The third-order valence-corrected chi connectivity index (χ3v) is 4.95. The molecule has 1 saturated heterocycles. The van der Waals surface area contributed by atoms with E-state index in [1.54, 1.807) is 31.2 Å². The Hall–Kier alpha value is -3.66. The van der Waals surface area contributed by atoms with Gasteiger partial charge in [-0.3, -0.25) is 19.8 Å². The number of guanidine groups is 1. The summed E-state index contributed by atoms with van der Waals surface area (Å²) in [6.07, 6.45) is -1.37. The summed E-state index contributed by atoms with van der Waals surface area (Å²) in [4.78, 5) is 38.8. The standard InChI is InChI=1S/C19H18ClN5O5/c1-19(10-16(26)24(2)17(23-19)22-18(27)28)11-4-3-5-13(8-11)21-14-9-12(20)6-7-15(14)25(29)30/h3-9,21H,10H2,1-2H3,(H,22,23)(H,27,28)/t19-/m0/s1.